The van der Waals surface area contributed by atoms with E-state index in [1.807, 2.05) is 0 Å². The number of nitrogens with zero attached hydrogens (tertiary/aromatic N) is 1. The van der Waals surface area contributed by atoms with E-state index in [1.165, 1.54) is 23.3 Å². The summed E-state index contributed by atoms with van der Waals surface area (Å²) < 4.78 is 55.1. The van der Waals surface area contributed by atoms with Crippen LogP contribution in [-0.4, -0.2) is 80.6 Å². The van der Waals surface area contributed by atoms with Crippen molar-refractivity contribution >= 4 is 62.9 Å². The third-order valence-corrected chi connectivity index (χ3v) is 9.72. The molecule has 1 fully saturated rings. The molecular formula is C34H39Cl2N3O13S. The van der Waals surface area contributed by atoms with E-state index in [4.69, 9.17) is 56.4 Å². The van der Waals surface area contributed by atoms with Crippen LogP contribution in [0.2, 0.25) is 10.0 Å². The molecule has 2 atom stereocenters. The number of unbranched alkanes of at least 4 members (excludes halogenated alkanes) is 2. The third kappa shape index (κ3) is 10.6. The number of carbonyl (C=O) groups is 4. The minimum absolute atomic E-state index is 0.0692. The number of carbonyl (C=O) groups excluding carboxylic acids is 4. The lowest BCUT2D eigenvalue weighted by Crippen LogP contribution is -2.66. The molecule has 1 aliphatic heterocycles. The number of amides is 1. The van der Waals surface area contributed by atoms with Crippen molar-refractivity contribution in [2.75, 3.05) is 31.9 Å². The number of benzene rings is 2. The molecule has 4 rings (SSSR count). The molecular weight excluding hydrogens is 761 g/mol. The zero-order valence-electron chi connectivity index (χ0n) is 29.0. The van der Waals surface area contributed by atoms with Crippen LogP contribution in [0.25, 0.3) is 0 Å². The first-order chi connectivity index (χ1) is 24.9. The molecule has 288 valence electrons. The first-order valence-electron chi connectivity index (χ1n) is 16.2. The summed E-state index contributed by atoms with van der Waals surface area (Å²) in [4.78, 5) is 51.0. The fourth-order valence-corrected chi connectivity index (χ4v) is 6.70. The van der Waals surface area contributed by atoms with E-state index in [2.05, 4.69) is 5.32 Å². The SMILES string of the molecule is C[C@@H]1N(C(=O)OCOC(=O)C(=O)OCCCCCOC(=O)c2cc(S(N)(=O)=O)c(Cl)cc2NCc2ccco2)C(C)(C)CO[C@@]1(O)c1cccc(Cl)c1. The molecule has 0 saturated carbocycles. The number of sulfonamides is 1. The Balaban J connectivity index is 1.18. The summed E-state index contributed by atoms with van der Waals surface area (Å²) >= 11 is 12.2. The van der Waals surface area contributed by atoms with E-state index in [0.717, 1.165) is 6.07 Å². The van der Waals surface area contributed by atoms with Gasteiger partial charge in [0, 0.05) is 10.6 Å². The van der Waals surface area contributed by atoms with Crippen LogP contribution in [0.5, 0.6) is 0 Å². The van der Waals surface area contributed by atoms with Crippen molar-refractivity contribution < 1.29 is 60.8 Å². The number of halogens is 2. The Kier molecular flexibility index (Phi) is 13.8. The lowest BCUT2D eigenvalue weighted by Gasteiger charge is -2.52. The quantitative estimate of drug-likeness (QED) is 0.0662. The lowest BCUT2D eigenvalue weighted by molar-refractivity contribution is -0.295. The highest BCUT2D eigenvalue weighted by Crippen LogP contribution is 2.40. The molecule has 0 radical (unpaired) electrons. The molecule has 1 aromatic heterocycles. The maximum absolute atomic E-state index is 13.1. The van der Waals surface area contributed by atoms with Gasteiger partial charge in [-0.1, -0.05) is 35.3 Å². The number of nitrogens with two attached hydrogens (primary N) is 1. The van der Waals surface area contributed by atoms with Gasteiger partial charge in [0.05, 0.1) is 60.5 Å². The fourth-order valence-electron chi connectivity index (χ4n) is 5.41. The summed E-state index contributed by atoms with van der Waals surface area (Å²) in [5.74, 6) is -4.92. The molecule has 3 aromatic rings. The molecule has 2 aromatic carbocycles. The number of hydrogen-bond acceptors (Lipinski definition) is 14. The van der Waals surface area contributed by atoms with Crippen molar-refractivity contribution in [1.82, 2.24) is 4.90 Å². The van der Waals surface area contributed by atoms with Crippen molar-refractivity contribution in [3.8, 4) is 0 Å². The lowest BCUT2D eigenvalue weighted by atomic mass is 9.90. The molecule has 19 heteroatoms. The van der Waals surface area contributed by atoms with Crippen LogP contribution < -0.4 is 10.5 Å². The average Bonchev–Trinajstić information content (AvgIpc) is 3.62. The Morgan fingerprint density at radius 1 is 0.981 bits per heavy atom. The number of furan rings is 1. The highest BCUT2D eigenvalue weighted by molar-refractivity contribution is 7.89. The zero-order valence-corrected chi connectivity index (χ0v) is 31.3. The van der Waals surface area contributed by atoms with Crippen LogP contribution in [-0.2, 0) is 55.6 Å². The maximum Gasteiger partial charge on any atom is 0.420 e. The molecule has 1 amide bonds. The van der Waals surface area contributed by atoms with Crippen LogP contribution >= 0.6 is 23.2 Å². The third-order valence-electron chi connectivity index (χ3n) is 8.11. The van der Waals surface area contributed by atoms with E-state index in [0.29, 0.717) is 29.2 Å². The van der Waals surface area contributed by atoms with Gasteiger partial charge in [0.2, 0.25) is 22.6 Å². The number of nitrogens with one attached hydrogen (secondary N) is 1. The van der Waals surface area contributed by atoms with Crippen molar-refractivity contribution in [2.45, 2.75) is 68.8 Å². The van der Waals surface area contributed by atoms with E-state index in [-0.39, 0.29) is 49.1 Å². The number of morpholine rings is 1. The van der Waals surface area contributed by atoms with Gasteiger partial charge in [-0.2, -0.15) is 0 Å². The number of rotatable bonds is 14. The Morgan fingerprint density at radius 3 is 2.34 bits per heavy atom. The second-order valence-electron chi connectivity index (χ2n) is 12.5. The Labute approximate surface area is 315 Å². The smallest absolute Gasteiger partial charge is 0.420 e. The van der Waals surface area contributed by atoms with Crippen LogP contribution in [0.1, 0.15) is 61.7 Å². The van der Waals surface area contributed by atoms with Crippen molar-refractivity contribution in [2.24, 2.45) is 5.14 Å². The van der Waals surface area contributed by atoms with Crippen LogP contribution in [0.15, 0.2) is 64.1 Å². The standard InChI is InChI=1S/C34H39Cl2N3O13S/c1-21-34(44,22-9-7-10-23(35)15-22)52-19-33(2,3)39(21)32(43)51-20-50-31(42)30(41)49-13-6-4-5-12-48-29(40)25-16-28(53(37,45)46)26(36)17-27(25)38-18-24-11-8-14-47-24/h7-11,14-17,21,38,44H,4-6,12-13,18-20H2,1-3H3,(H2,37,45,46)/t21-,34+/m0/s1. The number of hydrogen-bond donors (Lipinski definition) is 3. The highest BCUT2D eigenvalue weighted by atomic mass is 35.5. The molecule has 0 aliphatic carbocycles. The Bertz CT molecular complexity index is 1910. The largest absolute Gasteiger partial charge is 0.467 e. The van der Waals surface area contributed by atoms with Gasteiger partial charge in [-0.25, -0.2) is 32.7 Å². The first-order valence-corrected chi connectivity index (χ1v) is 18.5. The van der Waals surface area contributed by atoms with Gasteiger partial charge in [0.1, 0.15) is 10.7 Å². The van der Waals surface area contributed by atoms with Crippen LogP contribution in [0, 0.1) is 0 Å². The molecule has 16 nitrogen and oxygen atoms in total. The second-order valence-corrected chi connectivity index (χ2v) is 14.8. The summed E-state index contributed by atoms with van der Waals surface area (Å²) in [6.07, 6.45) is 1.56. The maximum atomic E-state index is 13.1. The summed E-state index contributed by atoms with van der Waals surface area (Å²) in [6, 6.07) is 11.0. The van der Waals surface area contributed by atoms with Gasteiger partial charge in [0.25, 0.3) is 0 Å². The highest BCUT2D eigenvalue weighted by Gasteiger charge is 2.53. The number of anilines is 1. The fraction of sp³-hybridized carbons (Fsp3) is 0.412. The zero-order chi connectivity index (χ0) is 39.0. The molecule has 1 aliphatic rings. The predicted octanol–water partition coefficient (Wildman–Crippen LogP) is 4.70. The molecule has 0 spiro atoms. The summed E-state index contributed by atoms with van der Waals surface area (Å²) in [5.41, 5.74) is -0.539. The van der Waals surface area contributed by atoms with Gasteiger partial charge >= 0.3 is 24.0 Å². The number of aliphatic hydroxyl groups is 1. The average molecular weight is 801 g/mol. The van der Waals surface area contributed by atoms with Crippen LogP contribution in [0.3, 0.4) is 0 Å². The van der Waals surface area contributed by atoms with Crippen molar-refractivity contribution in [3.05, 3.63) is 81.7 Å². The number of primary sulfonamides is 1. The van der Waals surface area contributed by atoms with Gasteiger partial charge in [-0.15, -0.1) is 0 Å². The molecule has 0 bridgehead atoms. The Hall–Kier alpha value is -4.39. The van der Waals surface area contributed by atoms with Gasteiger partial charge < -0.3 is 38.5 Å². The predicted molar refractivity (Wildman–Crippen MR) is 188 cm³/mol. The van der Waals surface area contributed by atoms with E-state index >= 15 is 0 Å². The van der Waals surface area contributed by atoms with E-state index in [1.54, 1.807) is 51.1 Å². The van der Waals surface area contributed by atoms with Gasteiger partial charge in [0.15, 0.2) is 0 Å². The summed E-state index contributed by atoms with van der Waals surface area (Å²) in [5, 5.41) is 19.7. The topological polar surface area (TPSA) is 223 Å². The van der Waals surface area contributed by atoms with Crippen molar-refractivity contribution in [1.29, 1.82) is 0 Å². The Morgan fingerprint density at radius 2 is 1.68 bits per heavy atom. The molecule has 1 saturated heterocycles. The monoisotopic (exact) mass is 799 g/mol. The molecule has 2 heterocycles. The normalized spacial score (nSPS) is 18.2. The number of ether oxygens (including phenoxy) is 5. The van der Waals surface area contributed by atoms with Crippen LogP contribution in [0.4, 0.5) is 10.5 Å². The molecule has 0 unspecified atom stereocenters. The molecule has 53 heavy (non-hydrogen) atoms. The van der Waals surface area contributed by atoms with E-state index in [9.17, 15) is 32.7 Å². The second kappa shape index (κ2) is 17.6. The van der Waals surface area contributed by atoms with E-state index < -0.39 is 63.1 Å². The summed E-state index contributed by atoms with van der Waals surface area (Å²) in [6.45, 7) is 3.90. The van der Waals surface area contributed by atoms with Gasteiger partial charge in [-0.3, -0.25) is 4.90 Å². The minimum Gasteiger partial charge on any atom is -0.467 e. The van der Waals surface area contributed by atoms with Crippen molar-refractivity contribution in [3.63, 3.8) is 0 Å². The summed E-state index contributed by atoms with van der Waals surface area (Å²) in [7, 11) is -4.25. The number of esters is 3. The van der Waals surface area contributed by atoms with Gasteiger partial charge in [-0.05, 0) is 76.4 Å². The first kappa shape index (κ1) is 41.4. The minimum atomic E-state index is -4.25. The molecule has 4 N–H and O–H groups in total.